The first-order valence-electron chi connectivity index (χ1n) is 6.24. The molecule has 2 rings (SSSR count). The molecule has 2 aromatic carbocycles. The van der Waals surface area contributed by atoms with E-state index >= 15 is 0 Å². The number of benzene rings is 2. The normalized spacial score (nSPS) is 10.3. The van der Waals surface area contributed by atoms with Crippen LogP contribution in [0, 0.1) is 13.8 Å². The number of aryl methyl sites for hydroxylation is 2. The maximum Gasteiger partial charge on any atom is 0.138 e. The summed E-state index contributed by atoms with van der Waals surface area (Å²) in [6.45, 7) is 4.10. The quantitative estimate of drug-likeness (QED) is 0.668. The fourth-order valence-corrected chi connectivity index (χ4v) is 3.03. The van der Waals surface area contributed by atoms with E-state index in [1.54, 1.807) is 11.8 Å². The third-order valence-corrected chi connectivity index (χ3v) is 3.86. The van der Waals surface area contributed by atoms with Crippen LogP contribution in [0.15, 0.2) is 41.3 Å². The van der Waals surface area contributed by atoms with Gasteiger partial charge in [-0.15, -0.1) is 11.8 Å². The Bertz CT molecular complexity index is 633. The monoisotopic (exact) mass is 303 g/mol. The molecule has 0 atom stereocenters. The summed E-state index contributed by atoms with van der Waals surface area (Å²) in [6, 6.07) is 12.0. The lowest BCUT2D eigenvalue weighted by molar-refractivity contribution is 0.479. The zero-order valence-corrected chi connectivity index (χ0v) is 13.4. The van der Waals surface area contributed by atoms with Gasteiger partial charge in [0.15, 0.2) is 0 Å². The second kappa shape index (κ2) is 6.29. The molecule has 0 aliphatic heterocycles. The van der Waals surface area contributed by atoms with Crippen LogP contribution in [0.3, 0.4) is 0 Å². The first-order valence-corrected chi connectivity index (χ1v) is 7.87. The first-order chi connectivity index (χ1) is 9.51. The number of rotatable bonds is 4. The van der Waals surface area contributed by atoms with Crippen LogP contribution in [-0.4, -0.2) is 11.2 Å². The molecule has 0 fully saturated rings. The Labute approximate surface area is 129 Å². The van der Waals surface area contributed by atoms with Crippen LogP contribution < -0.4 is 10.5 Å². The Morgan fingerprint density at radius 3 is 2.35 bits per heavy atom. The Kier molecular flexibility index (Phi) is 4.68. The number of thiocarbonyl (C=S) groups is 1. The van der Waals surface area contributed by atoms with E-state index in [9.17, 15) is 0 Å². The Hall–Kier alpha value is -1.52. The van der Waals surface area contributed by atoms with Gasteiger partial charge in [0, 0.05) is 4.90 Å². The van der Waals surface area contributed by atoms with E-state index in [-0.39, 0.29) is 0 Å². The molecule has 0 spiro atoms. The minimum absolute atomic E-state index is 0.356. The van der Waals surface area contributed by atoms with Gasteiger partial charge in [-0.3, -0.25) is 0 Å². The van der Waals surface area contributed by atoms with E-state index in [1.165, 1.54) is 0 Å². The second-order valence-corrected chi connectivity index (χ2v) is 5.91. The molecule has 0 radical (unpaired) electrons. The molecule has 2 nitrogen and oxygen atoms in total. The van der Waals surface area contributed by atoms with Gasteiger partial charge in [-0.25, -0.2) is 0 Å². The van der Waals surface area contributed by atoms with Gasteiger partial charge < -0.3 is 10.5 Å². The Morgan fingerprint density at radius 2 is 1.80 bits per heavy atom. The van der Waals surface area contributed by atoms with Gasteiger partial charge in [0.25, 0.3) is 0 Å². The van der Waals surface area contributed by atoms with Crippen molar-refractivity contribution in [2.24, 2.45) is 5.73 Å². The molecule has 4 heteroatoms. The highest BCUT2D eigenvalue weighted by Gasteiger charge is 2.12. The lowest BCUT2D eigenvalue weighted by Gasteiger charge is -2.14. The minimum Gasteiger partial charge on any atom is -0.457 e. The molecule has 20 heavy (non-hydrogen) atoms. The summed E-state index contributed by atoms with van der Waals surface area (Å²) < 4.78 is 5.99. The topological polar surface area (TPSA) is 35.2 Å². The van der Waals surface area contributed by atoms with Crippen molar-refractivity contribution in [3.8, 4) is 11.5 Å². The van der Waals surface area contributed by atoms with Gasteiger partial charge in [-0.05, 0) is 55.5 Å². The largest absolute Gasteiger partial charge is 0.457 e. The maximum absolute atomic E-state index is 5.99. The fraction of sp³-hybridized carbons (Fsp3) is 0.188. The van der Waals surface area contributed by atoms with E-state index in [1.807, 2.05) is 50.4 Å². The predicted molar refractivity (Wildman–Crippen MR) is 90.1 cm³/mol. The number of hydrogen-bond acceptors (Lipinski definition) is 3. The van der Waals surface area contributed by atoms with E-state index < -0.39 is 0 Å². The molecular formula is C16H17NOS2. The van der Waals surface area contributed by atoms with Crippen molar-refractivity contribution in [2.45, 2.75) is 18.7 Å². The molecule has 0 aliphatic rings. The molecule has 0 saturated carbocycles. The van der Waals surface area contributed by atoms with Gasteiger partial charge in [0.1, 0.15) is 16.5 Å². The Morgan fingerprint density at radius 1 is 1.15 bits per heavy atom. The molecule has 2 N–H and O–H groups in total. The van der Waals surface area contributed by atoms with Crippen LogP contribution in [0.25, 0.3) is 0 Å². The average molecular weight is 303 g/mol. The molecule has 0 bridgehead atoms. The van der Waals surface area contributed by atoms with Crippen LogP contribution in [-0.2, 0) is 0 Å². The predicted octanol–water partition coefficient (Wildman–Crippen LogP) is 4.45. The molecule has 0 amide bonds. The Balaban J connectivity index is 2.45. The summed E-state index contributed by atoms with van der Waals surface area (Å²) in [5, 5.41) is 0. The summed E-state index contributed by atoms with van der Waals surface area (Å²) in [4.78, 5) is 1.38. The van der Waals surface area contributed by atoms with E-state index in [4.69, 9.17) is 22.7 Å². The summed E-state index contributed by atoms with van der Waals surface area (Å²) >= 11 is 6.76. The molecular weight excluding hydrogens is 286 g/mol. The van der Waals surface area contributed by atoms with E-state index in [0.29, 0.717) is 10.7 Å². The zero-order chi connectivity index (χ0) is 14.7. The smallest absolute Gasteiger partial charge is 0.138 e. The summed E-state index contributed by atoms with van der Waals surface area (Å²) in [6.07, 6.45) is 2.00. The highest BCUT2D eigenvalue weighted by molar-refractivity contribution is 7.98. The zero-order valence-electron chi connectivity index (χ0n) is 11.8. The molecule has 0 aromatic heterocycles. The van der Waals surface area contributed by atoms with Crippen LogP contribution in [0.1, 0.15) is 16.7 Å². The number of ether oxygens (including phenoxy) is 1. The highest BCUT2D eigenvalue weighted by Crippen LogP contribution is 2.32. The standard InChI is InChI=1S/C16H17NOS2/c1-10-7-11(2)9-12(8-10)18-13-5-4-6-14(20-3)15(13)16(17)19/h4-9H,1-3H3,(H2,17,19). The fourth-order valence-electron chi connectivity index (χ4n) is 2.13. The van der Waals surface area contributed by atoms with Crippen LogP contribution in [0.2, 0.25) is 0 Å². The van der Waals surface area contributed by atoms with Gasteiger partial charge in [-0.2, -0.15) is 0 Å². The van der Waals surface area contributed by atoms with Crippen LogP contribution >= 0.6 is 24.0 Å². The molecule has 0 saturated heterocycles. The van der Waals surface area contributed by atoms with Crippen molar-refractivity contribution in [1.29, 1.82) is 0 Å². The molecule has 0 unspecified atom stereocenters. The SMILES string of the molecule is CSc1cccc(Oc2cc(C)cc(C)c2)c1C(N)=S. The van der Waals surface area contributed by atoms with Crippen molar-refractivity contribution in [3.63, 3.8) is 0 Å². The van der Waals surface area contributed by atoms with E-state index in [0.717, 1.165) is 27.3 Å². The van der Waals surface area contributed by atoms with Crippen LogP contribution in [0.4, 0.5) is 0 Å². The maximum atomic E-state index is 5.99. The lowest BCUT2D eigenvalue weighted by atomic mass is 10.1. The lowest BCUT2D eigenvalue weighted by Crippen LogP contribution is -2.12. The van der Waals surface area contributed by atoms with Crippen molar-refractivity contribution in [3.05, 3.63) is 53.1 Å². The molecule has 2 aromatic rings. The first kappa shape index (κ1) is 14.9. The van der Waals surface area contributed by atoms with Gasteiger partial charge in [-0.1, -0.05) is 24.4 Å². The third kappa shape index (κ3) is 3.32. The number of nitrogens with two attached hydrogens (primary N) is 1. The minimum atomic E-state index is 0.356. The number of thioether (sulfide) groups is 1. The summed E-state index contributed by atoms with van der Waals surface area (Å²) in [7, 11) is 0. The van der Waals surface area contributed by atoms with E-state index in [2.05, 4.69) is 6.07 Å². The molecule has 0 heterocycles. The second-order valence-electron chi connectivity index (χ2n) is 4.62. The van der Waals surface area contributed by atoms with Gasteiger partial charge >= 0.3 is 0 Å². The van der Waals surface area contributed by atoms with Crippen molar-refractivity contribution in [2.75, 3.05) is 6.26 Å². The summed E-state index contributed by atoms with van der Waals surface area (Å²) in [5.41, 5.74) is 8.97. The average Bonchev–Trinajstić information content (AvgIpc) is 2.36. The van der Waals surface area contributed by atoms with Crippen molar-refractivity contribution in [1.82, 2.24) is 0 Å². The third-order valence-electron chi connectivity index (χ3n) is 2.88. The molecule has 104 valence electrons. The highest BCUT2D eigenvalue weighted by atomic mass is 32.2. The van der Waals surface area contributed by atoms with Gasteiger partial charge in [0.2, 0.25) is 0 Å². The summed E-state index contributed by atoms with van der Waals surface area (Å²) in [5.74, 6) is 1.51. The van der Waals surface area contributed by atoms with Crippen molar-refractivity contribution >= 4 is 29.0 Å². The van der Waals surface area contributed by atoms with Crippen LogP contribution in [0.5, 0.6) is 11.5 Å². The molecule has 0 aliphatic carbocycles. The number of hydrogen-bond donors (Lipinski definition) is 1. The van der Waals surface area contributed by atoms with Gasteiger partial charge in [0.05, 0.1) is 5.56 Å². The van der Waals surface area contributed by atoms with Crippen molar-refractivity contribution < 1.29 is 4.74 Å².